The summed E-state index contributed by atoms with van der Waals surface area (Å²) in [4.78, 5) is 6.10. The van der Waals surface area contributed by atoms with Crippen LogP contribution >= 0.6 is 0 Å². The second-order valence-corrected chi connectivity index (χ2v) is 7.59. The zero-order valence-electron chi connectivity index (χ0n) is 15.5. The van der Waals surface area contributed by atoms with Crippen molar-refractivity contribution in [3.63, 3.8) is 0 Å². The lowest BCUT2D eigenvalue weighted by molar-refractivity contribution is 0.149. The first-order chi connectivity index (χ1) is 13.2. The molecule has 1 fully saturated rings. The lowest BCUT2D eigenvalue weighted by Crippen LogP contribution is -2.37. The minimum atomic E-state index is 0.0277. The Morgan fingerprint density at radius 1 is 1.07 bits per heavy atom. The van der Waals surface area contributed by atoms with Crippen molar-refractivity contribution in [2.75, 3.05) is 6.54 Å². The summed E-state index contributed by atoms with van der Waals surface area (Å²) in [5.41, 5.74) is 5.04. The predicted octanol–water partition coefficient (Wildman–Crippen LogP) is 4.26. The molecule has 1 N–H and O–H groups in total. The van der Waals surface area contributed by atoms with E-state index in [2.05, 4.69) is 81.7 Å². The second kappa shape index (κ2) is 6.35. The summed E-state index contributed by atoms with van der Waals surface area (Å²) in [6.07, 6.45) is 8.08. The standard InChI is InChI=1S/C22H23N5/c1-22(10-5-11-27(22)14-17-6-3-2-4-7-17)20-13-23-21-9-8-18(12-19(20)21)26-15-24-25-16-26/h2-4,6-9,12-13,15-16,23H,5,10-11,14H2,1H3/t22-/m1/s1. The van der Waals surface area contributed by atoms with E-state index in [1.54, 1.807) is 12.7 Å². The quantitative estimate of drug-likeness (QED) is 0.594. The van der Waals surface area contributed by atoms with Gasteiger partial charge in [-0.05, 0) is 55.6 Å². The Kier molecular flexibility index (Phi) is 3.83. The molecule has 4 aromatic rings. The largest absolute Gasteiger partial charge is 0.361 e. The van der Waals surface area contributed by atoms with Crippen LogP contribution in [0.1, 0.15) is 30.9 Å². The van der Waals surface area contributed by atoms with Crippen LogP contribution < -0.4 is 0 Å². The van der Waals surface area contributed by atoms with Crippen molar-refractivity contribution < 1.29 is 0 Å². The number of hydrogen-bond donors (Lipinski definition) is 1. The molecule has 0 amide bonds. The lowest BCUT2D eigenvalue weighted by Gasteiger charge is -2.35. The van der Waals surface area contributed by atoms with Crippen LogP contribution in [0.5, 0.6) is 0 Å². The molecule has 27 heavy (non-hydrogen) atoms. The van der Waals surface area contributed by atoms with E-state index in [1.807, 2.05) is 4.57 Å². The topological polar surface area (TPSA) is 49.7 Å². The Morgan fingerprint density at radius 3 is 2.70 bits per heavy atom. The fraction of sp³-hybridized carbons (Fsp3) is 0.273. The van der Waals surface area contributed by atoms with Crippen molar-refractivity contribution in [2.24, 2.45) is 0 Å². The number of likely N-dealkylation sites (tertiary alicyclic amines) is 1. The fourth-order valence-electron chi connectivity index (χ4n) is 4.43. The van der Waals surface area contributed by atoms with E-state index < -0.39 is 0 Å². The van der Waals surface area contributed by atoms with Gasteiger partial charge in [0, 0.05) is 34.9 Å². The van der Waals surface area contributed by atoms with Gasteiger partial charge in [0.05, 0.1) is 0 Å². The van der Waals surface area contributed by atoms with Gasteiger partial charge < -0.3 is 4.98 Å². The van der Waals surface area contributed by atoms with E-state index in [-0.39, 0.29) is 5.54 Å². The molecule has 136 valence electrons. The third-order valence-corrected chi connectivity index (χ3v) is 5.97. The second-order valence-electron chi connectivity index (χ2n) is 7.59. The number of rotatable bonds is 4. The molecule has 1 saturated heterocycles. The molecule has 2 aromatic carbocycles. The first-order valence-corrected chi connectivity index (χ1v) is 9.50. The molecule has 1 aliphatic rings. The van der Waals surface area contributed by atoms with Crippen LogP contribution in [-0.2, 0) is 12.1 Å². The fourth-order valence-corrected chi connectivity index (χ4v) is 4.43. The Morgan fingerprint density at radius 2 is 1.89 bits per heavy atom. The summed E-state index contributed by atoms with van der Waals surface area (Å²) in [6.45, 7) is 4.50. The van der Waals surface area contributed by atoms with Crippen molar-refractivity contribution in [3.8, 4) is 5.69 Å². The number of hydrogen-bond acceptors (Lipinski definition) is 3. The van der Waals surface area contributed by atoms with E-state index in [0.717, 1.165) is 18.8 Å². The number of nitrogens with zero attached hydrogens (tertiary/aromatic N) is 4. The van der Waals surface area contributed by atoms with E-state index in [0.29, 0.717) is 0 Å². The summed E-state index contributed by atoms with van der Waals surface area (Å²) in [6, 6.07) is 17.3. The molecule has 1 aliphatic heterocycles. The molecule has 1 atom stereocenters. The Balaban J connectivity index is 1.56. The number of nitrogens with one attached hydrogen (secondary N) is 1. The Labute approximate surface area is 158 Å². The van der Waals surface area contributed by atoms with Crippen LogP contribution in [0.4, 0.5) is 0 Å². The molecule has 0 radical (unpaired) electrons. The summed E-state index contributed by atoms with van der Waals surface area (Å²) >= 11 is 0. The molecule has 5 heteroatoms. The molecule has 5 nitrogen and oxygen atoms in total. The lowest BCUT2D eigenvalue weighted by atomic mass is 9.88. The van der Waals surface area contributed by atoms with Crippen LogP contribution in [-0.4, -0.2) is 31.2 Å². The normalized spacial score (nSPS) is 20.5. The molecule has 0 spiro atoms. The minimum Gasteiger partial charge on any atom is -0.361 e. The highest BCUT2D eigenvalue weighted by molar-refractivity contribution is 5.86. The molecule has 0 bridgehead atoms. The SMILES string of the molecule is C[C@]1(c2c[nH]c3ccc(-n4cnnc4)cc23)CCCN1Cc1ccccc1. The van der Waals surface area contributed by atoms with Crippen molar-refractivity contribution in [1.29, 1.82) is 0 Å². The Bertz CT molecular complexity index is 1050. The molecule has 0 unspecified atom stereocenters. The first-order valence-electron chi connectivity index (χ1n) is 9.50. The average molecular weight is 357 g/mol. The maximum atomic E-state index is 3.94. The minimum absolute atomic E-state index is 0.0277. The maximum Gasteiger partial charge on any atom is 0.123 e. The van der Waals surface area contributed by atoms with Gasteiger partial charge in [0.15, 0.2) is 0 Å². The monoisotopic (exact) mass is 357 g/mol. The summed E-state index contributed by atoms with van der Waals surface area (Å²) < 4.78 is 1.95. The van der Waals surface area contributed by atoms with Crippen LogP contribution in [0, 0.1) is 0 Å². The van der Waals surface area contributed by atoms with E-state index >= 15 is 0 Å². The van der Waals surface area contributed by atoms with Gasteiger partial charge in [0.2, 0.25) is 0 Å². The van der Waals surface area contributed by atoms with E-state index in [4.69, 9.17) is 0 Å². The number of aromatic amines is 1. The van der Waals surface area contributed by atoms with Gasteiger partial charge in [-0.2, -0.15) is 0 Å². The average Bonchev–Trinajstić information content (AvgIpc) is 3.43. The van der Waals surface area contributed by atoms with Crippen LogP contribution in [0.25, 0.3) is 16.6 Å². The van der Waals surface area contributed by atoms with Gasteiger partial charge in [-0.1, -0.05) is 30.3 Å². The van der Waals surface area contributed by atoms with Gasteiger partial charge in [-0.3, -0.25) is 9.47 Å². The van der Waals surface area contributed by atoms with Crippen LogP contribution in [0.15, 0.2) is 67.4 Å². The zero-order chi connectivity index (χ0) is 18.3. The van der Waals surface area contributed by atoms with Crippen molar-refractivity contribution in [1.82, 2.24) is 24.6 Å². The molecule has 3 heterocycles. The summed E-state index contributed by atoms with van der Waals surface area (Å²) in [7, 11) is 0. The number of H-pyrrole nitrogens is 1. The van der Waals surface area contributed by atoms with Gasteiger partial charge in [-0.15, -0.1) is 10.2 Å². The highest BCUT2D eigenvalue weighted by atomic mass is 15.2. The first kappa shape index (κ1) is 16.3. The van der Waals surface area contributed by atoms with Crippen molar-refractivity contribution >= 4 is 10.9 Å². The molecule has 2 aromatic heterocycles. The highest BCUT2D eigenvalue weighted by Crippen LogP contribution is 2.42. The molecular weight excluding hydrogens is 334 g/mol. The van der Waals surface area contributed by atoms with Crippen LogP contribution in [0.2, 0.25) is 0 Å². The summed E-state index contributed by atoms with van der Waals surface area (Å²) in [5.74, 6) is 0. The number of aromatic nitrogens is 4. The third-order valence-electron chi connectivity index (χ3n) is 5.97. The molecule has 0 aliphatic carbocycles. The van der Waals surface area contributed by atoms with Gasteiger partial charge in [0.25, 0.3) is 0 Å². The smallest absolute Gasteiger partial charge is 0.123 e. The number of fused-ring (bicyclic) bond motifs is 1. The summed E-state index contributed by atoms with van der Waals surface area (Å²) in [5, 5.41) is 9.15. The van der Waals surface area contributed by atoms with Gasteiger partial charge >= 0.3 is 0 Å². The van der Waals surface area contributed by atoms with Crippen LogP contribution in [0.3, 0.4) is 0 Å². The number of benzene rings is 2. The van der Waals surface area contributed by atoms with Gasteiger partial charge in [-0.25, -0.2) is 0 Å². The highest BCUT2D eigenvalue weighted by Gasteiger charge is 2.39. The Hall–Kier alpha value is -2.92. The van der Waals surface area contributed by atoms with Crippen molar-refractivity contribution in [3.05, 3.63) is 78.5 Å². The molecule has 5 rings (SSSR count). The molecular formula is C22H23N5. The van der Waals surface area contributed by atoms with E-state index in [1.165, 1.54) is 34.9 Å². The maximum absolute atomic E-state index is 3.94. The zero-order valence-corrected chi connectivity index (χ0v) is 15.5. The van der Waals surface area contributed by atoms with Crippen molar-refractivity contribution in [2.45, 2.75) is 31.8 Å². The van der Waals surface area contributed by atoms with E-state index in [9.17, 15) is 0 Å². The predicted molar refractivity (Wildman–Crippen MR) is 107 cm³/mol. The molecule has 0 saturated carbocycles. The van der Waals surface area contributed by atoms with Gasteiger partial charge in [0.1, 0.15) is 12.7 Å². The third kappa shape index (κ3) is 2.75.